The summed E-state index contributed by atoms with van der Waals surface area (Å²) in [6.07, 6.45) is 2.55. The Morgan fingerprint density at radius 3 is 2.28 bits per heavy atom. The third-order valence-electron chi connectivity index (χ3n) is 4.92. The van der Waals surface area contributed by atoms with Gasteiger partial charge in [0.05, 0.1) is 17.6 Å². The monoisotopic (exact) mass is 414 g/mol. The van der Waals surface area contributed by atoms with Crippen LogP contribution in [0.5, 0.6) is 0 Å². The molecule has 3 aromatic rings. The molecular formula is C22H24ClFN4O. The number of anilines is 3. The molecule has 0 radical (unpaired) electrons. The van der Waals surface area contributed by atoms with Crippen LogP contribution in [0.15, 0.2) is 59.5 Å². The first kappa shape index (κ1) is 20.9. The van der Waals surface area contributed by atoms with Crippen molar-refractivity contribution < 1.29 is 4.39 Å². The number of nitrogens with zero attached hydrogens (tertiary/aromatic N) is 3. The molecule has 0 aliphatic rings. The van der Waals surface area contributed by atoms with Crippen LogP contribution in [0.25, 0.3) is 5.69 Å². The number of benzene rings is 2. The van der Waals surface area contributed by atoms with Crippen molar-refractivity contribution >= 4 is 28.7 Å². The van der Waals surface area contributed by atoms with Gasteiger partial charge in [-0.25, -0.2) is 4.39 Å². The molecule has 29 heavy (non-hydrogen) atoms. The first-order valence-corrected chi connectivity index (χ1v) is 9.91. The smallest absolute Gasteiger partial charge is 0.292 e. The Balaban J connectivity index is 1.96. The lowest BCUT2D eigenvalue weighted by molar-refractivity contribution is 0.568. The molecule has 1 heterocycles. The van der Waals surface area contributed by atoms with Gasteiger partial charge in [-0.2, -0.15) is 9.78 Å². The van der Waals surface area contributed by atoms with E-state index in [2.05, 4.69) is 29.2 Å². The maximum atomic E-state index is 13.4. The second-order valence-corrected chi connectivity index (χ2v) is 7.33. The first-order valence-electron chi connectivity index (χ1n) is 9.53. The van der Waals surface area contributed by atoms with Gasteiger partial charge in [-0.3, -0.25) is 4.79 Å². The van der Waals surface area contributed by atoms with E-state index < -0.39 is 0 Å². The second kappa shape index (κ2) is 9.09. The Bertz CT molecular complexity index is 1020. The summed E-state index contributed by atoms with van der Waals surface area (Å²) >= 11 is 6.12. The summed E-state index contributed by atoms with van der Waals surface area (Å²) in [6.45, 7) is 5.12. The Kier molecular flexibility index (Phi) is 6.54. The fourth-order valence-electron chi connectivity index (χ4n) is 2.99. The number of aromatic nitrogens is 2. The van der Waals surface area contributed by atoms with Crippen LogP contribution >= 0.6 is 11.6 Å². The third-order valence-corrected chi connectivity index (χ3v) is 5.29. The van der Waals surface area contributed by atoms with Crippen LogP contribution < -0.4 is 15.8 Å². The van der Waals surface area contributed by atoms with Gasteiger partial charge in [0, 0.05) is 25.0 Å². The molecule has 2 aromatic carbocycles. The summed E-state index contributed by atoms with van der Waals surface area (Å²) in [5.74, 6) is 0.192. The Morgan fingerprint density at radius 1 is 1.14 bits per heavy atom. The van der Waals surface area contributed by atoms with Crippen LogP contribution in [0.3, 0.4) is 0 Å². The lowest BCUT2D eigenvalue weighted by Gasteiger charge is -2.28. The Labute approximate surface area is 174 Å². The highest BCUT2D eigenvalue weighted by atomic mass is 35.5. The van der Waals surface area contributed by atoms with Crippen LogP contribution in [0.2, 0.25) is 5.02 Å². The number of halogens is 2. The Hall–Kier alpha value is -2.86. The molecule has 5 nitrogen and oxygen atoms in total. The number of hydrogen-bond donors (Lipinski definition) is 1. The molecule has 0 aliphatic carbocycles. The average Bonchev–Trinajstić information content (AvgIpc) is 2.75. The fourth-order valence-corrected chi connectivity index (χ4v) is 3.21. The van der Waals surface area contributed by atoms with Crippen molar-refractivity contribution in [3.63, 3.8) is 0 Å². The molecule has 0 amide bonds. The van der Waals surface area contributed by atoms with Crippen molar-refractivity contribution in [3.05, 3.63) is 75.9 Å². The molecule has 1 aromatic heterocycles. The summed E-state index contributed by atoms with van der Waals surface area (Å²) < 4.78 is 14.6. The summed E-state index contributed by atoms with van der Waals surface area (Å²) in [5, 5.41) is 7.12. The molecule has 1 N–H and O–H groups in total. The van der Waals surface area contributed by atoms with E-state index in [0.29, 0.717) is 17.3 Å². The molecule has 1 unspecified atom stereocenters. The van der Waals surface area contributed by atoms with Gasteiger partial charge < -0.3 is 10.2 Å². The number of nitrogens with one attached hydrogen (secondary N) is 1. The normalized spacial score (nSPS) is 11.9. The van der Waals surface area contributed by atoms with Gasteiger partial charge in [-0.05, 0) is 54.4 Å². The fraction of sp³-hybridized carbons (Fsp3) is 0.273. The summed E-state index contributed by atoms with van der Waals surface area (Å²) in [7, 11) is 1.68. The van der Waals surface area contributed by atoms with E-state index in [-0.39, 0.29) is 16.4 Å². The van der Waals surface area contributed by atoms with Crippen molar-refractivity contribution in [3.8, 4) is 5.69 Å². The minimum atomic E-state index is -0.388. The van der Waals surface area contributed by atoms with Gasteiger partial charge in [0.15, 0.2) is 0 Å². The molecule has 0 aliphatic heterocycles. The minimum Gasteiger partial charge on any atom is -0.385 e. The molecule has 1 atom stereocenters. The van der Waals surface area contributed by atoms with Crippen LogP contribution in [0.4, 0.5) is 21.5 Å². The van der Waals surface area contributed by atoms with Gasteiger partial charge >= 0.3 is 0 Å². The van der Waals surface area contributed by atoms with Gasteiger partial charge in [-0.15, -0.1) is 0 Å². The van der Waals surface area contributed by atoms with E-state index in [0.717, 1.165) is 24.3 Å². The van der Waals surface area contributed by atoms with Gasteiger partial charge in [-0.1, -0.05) is 31.9 Å². The zero-order chi connectivity index (χ0) is 21.0. The highest BCUT2D eigenvalue weighted by Crippen LogP contribution is 2.28. The minimum absolute atomic E-state index is 0.0938. The van der Waals surface area contributed by atoms with Crippen molar-refractivity contribution in [1.29, 1.82) is 0 Å². The molecule has 7 heteroatoms. The van der Waals surface area contributed by atoms with Gasteiger partial charge in [0.25, 0.3) is 5.56 Å². The summed E-state index contributed by atoms with van der Waals surface area (Å²) in [5.41, 5.74) is 2.58. The van der Waals surface area contributed by atoms with Crippen LogP contribution in [0.1, 0.15) is 20.3 Å². The number of hydrogen-bond acceptors (Lipinski definition) is 4. The predicted molar refractivity (Wildman–Crippen MR) is 117 cm³/mol. The van der Waals surface area contributed by atoms with E-state index in [9.17, 15) is 9.18 Å². The van der Waals surface area contributed by atoms with Gasteiger partial charge in [0.2, 0.25) is 0 Å². The number of rotatable bonds is 7. The zero-order valence-electron chi connectivity index (χ0n) is 16.7. The standard InChI is InChI=1S/C22H24ClFN4O/c1-4-15(2)14-27(17-7-5-16(24)6-8-17)18-9-11-19(12-10-18)28-22(29)21(23)20(25-3)13-26-28/h5-13,15,25H,4,14H2,1-3H3. The SMILES string of the molecule is CCC(C)CN(c1ccc(F)cc1)c1ccc(-n2ncc(NC)c(Cl)c2=O)cc1. The largest absolute Gasteiger partial charge is 0.385 e. The van der Waals surface area contributed by atoms with E-state index >= 15 is 0 Å². The van der Waals surface area contributed by atoms with Crippen molar-refractivity contribution in [2.24, 2.45) is 5.92 Å². The highest BCUT2D eigenvalue weighted by molar-refractivity contribution is 6.32. The van der Waals surface area contributed by atoms with Gasteiger partial charge in [0.1, 0.15) is 10.8 Å². The maximum absolute atomic E-state index is 13.4. The lowest BCUT2D eigenvalue weighted by atomic mass is 10.1. The maximum Gasteiger partial charge on any atom is 0.292 e. The molecular weight excluding hydrogens is 391 g/mol. The van der Waals surface area contributed by atoms with Crippen LogP contribution in [0, 0.1) is 11.7 Å². The topological polar surface area (TPSA) is 50.2 Å². The third kappa shape index (κ3) is 4.59. The summed E-state index contributed by atoms with van der Waals surface area (Å²) in [6, 6.07) is 14.0. The molecule has 0 fully saturated rings. The quantitative estimate of drug-likeness (QED) is 0.573. The van der Waals surface area contributed by atoms with Crippen LogP contribution in [-0.4, -0.2) is 23.4 Å². The van der Waals surface area contributed by atoms with E-state index in [1.807, 2.05) is 24.3 Å². The van der Waals surface area contributed by atoms with E-state index in [1.165, 1.54) is 23.0 Å². The van der Waals surface area contributed by atoms with Crippen molar-refractivity contribution in [2.75, 3.05) is 23.8 Å². The Morgan fingerprint density at radius 2 is 1.72 bits per heavy atom. The molecule has 0 saturated carbocycles. The molecule has 152 valence electrons. The highest BCUT2D eigenvalue weighted by Gasteiger charge is 2.14. The molecule has 0 spiro atoms. The second-order valence-electron chi connectivity index (χ2n) is 6.96. The zero-order valence-corrected chi connectivity index (χ0v) is 17.4. The van der Waals surface area contributed by atoms with E-state index in [4.69, 9.17) is 11.6 Å². The molecule has 0 bridgehead atoms. The van der Waals surface area contributed by atoms with Crippen molar-refractivity contribution in [2.45, 2.75) is 20.3 Å². The predicted octanol–water partition coefficient (Wildman–Crippen LogP) is 5.25. The van der Waals surface area contributed by atoms with Crippen molar-refractivity contribution in [1.82, 2.24) is 9.78 Å². The average molecular weight is 415 g/mol. The summed E-state index contributed by atoms with van der Waals surface area (Å²) in [4.78, 5) is 14.6. The first-order chi connectivity index (χ1) is 13.9. The van der Waals surface area contributed by atoms with E-state index in [1.54, 1.807) is 19.2 Å². The lowest BCUT2D eigenvalue weighted by Crippen LogP contribution is -2.24. The molecule has 3 rings (SSSR count). The molecule has 0 saturated heterocycles. The van der Waals surface area contributed by atoms with Crippen LogP contribution in [-0.2, 0) is 0 Å².